The Morgan fingerprint density at radius 3 is 2.71 bits per heavy atom. The van der Waals surface area contributed by atoms with Crippen LogP contribution in [0.5, 0.6) is 0 Å². The smallest absolute Gasteiger partial charge is 0.252 e. The molecule has 144 valence electrons. The molecule has 2 heterocycles. The Bertz CT molecular complexity index is 1080. The van der Waals surface area contributed by atoms with Crippen LogP contribution in [0.3, 0.4) is 0 Å². The van der Waals surface area contributed by atoms with E-state index in [0.717, 1.165) is 40.8 Å². The normalized spacial score (nSPS) is 13.5. The Labute approximate surface area is 163 Å². The maximum Gasteiger partial charge on any atom is 0.252 e. The van der Waals surface area contributed by atoms with Crippen molar-refractivity contribution in [2.75, 3.05) is 7.05 Å². The van der Waals surface area contributed by atoms with Crippen LogP contribution in [-0.4, -0.2) is 33.6 Å². The Morgan fingerprint density at radius 1 is 1.21 bits per heavy atom. The van der Waals surface area contributed by atoms with E-state index in [2.05, 4.69) is 15.7 Å². The van der Waals surface area contributed by atoms with Gasteiger partial charge in [-0.25, -0.2) is 4.98 Å². The number of nitrogens with zero attached hydrogens (tertiary/aromatic N) is 3. The van der Waals surface area contributed by atoms with Gasteiger partial charge in [0.05, 0.1) is 16.6 Å². The molecule has 0 radical (unpaired) electrons. The molecule has 1 fully saturated rings. The summed E-state index contributed by atoms with van der Waals surface area (Å²) in [6.45, 7) is 2.23. The molecule has 0 spiro atoms. The number of benzene rings is 1. The first-order chi connectivity index (χ1) is 13.5. The molecule has 0 saturated heterocycles. The largest absolute Gasteiger partial charge is 0.355 e. The highest BCUT2D eigenvalue weighted by Gasteiger charge is 2.28. The number of carbonyl (C=O) groups excluding carboxylic acids is 2. The fourth-order valence-electron chi connectivity index (χ4n) is 3.48. The van der Waals surface area contributed by atoms with Gasteiger partial charge in [-0.05, 0) is 43.5 Å². The number of nitrogens with one attached hydrogen (secondary N) is 2. The first kappa shape index (κ1) is 18.2. The molecule has 0 aliphatic heterocycles. The van der Waals surface area contributed by atoms with Crippen molar-refractivity contribution < 1.29 is 9.59 Å². The maximum atomic E-state index is 13.0. The summed E-state index contributed by atoms with van der Waals surface area (Å²) in [6, 6.07) is 9.14. The summed E-state index contributed by atoms with van der Waals surface area (Å²) in [7, 11) is 3.45. The molecule has 28 heavy (non-hydrogen) atoms. The van der Waals surface area contributed by atoms with Gasteiger partial charge in [-0.3, -0.25) is 14.3 Å². The first-order valence-electron chi connectivity index (χ1n) is 9.41. The molecule has 7 heteroatoms. The van der Waals surface area contributed by atoms with Gasteiger partial charge in [0.25, 0.3) is 11.8 Å². The van der Waals surface area contributed by atoms with Gasteiger partial charge >= 0.3 is 0 Å². The number of rotatable bonds is 5. The van der Waals surface area contributed by atoms with E-state index in [1.165, 1.54) is 0 Å². The van der Waals surface area contributed by atoms with Gasteiger partial charge in [-0.1, -0.05) is 12.1 Å². The van der Waals surface area contributed by atoms with Crippen molar-refractivity contribution in [3.05, 3.63) is 58.4 Å². The van der Waals surface area contributed by atoms with Crippen molar-refractivity contribution >= 4 is 22.8 Å². The quantitative estimate of drug-likeness (QED) is 0.715. The summed E-state index contributed by atoms with van der Waals surface area (Å²) >= 11 is 0. The van der Waals surface area contributed by atoms with Crippen LogP contribution >= 0.6 is 0 Å². The lowest BCUT2D eigenvalue weighted by Crippen LogP contribution is -2.24. The van der Waals surface area contributed by atoms with Crippen LogP contribution in [0.25, 0.3) is 11.0 Å². The third-order valence-electron chi connectivity index (χ3n) is 5.10. The van der Waals surface area contributed by atoms with Crippen LogP contribution in [0.1, 0.15) is 56.4 Å². The highest BCUT2D eigenvalue weighted by Crippen LogP contribution is 2.40. The number of aromatic nitrogens is 3. The van der Waals surface area contributed by atoms with Crippen molar-refractivity contribution in [2.45, 2.75) is 32.2 Å². The van der Waals surface area contributed by atoms with Gasteiger partial charge in [0.2, 0.25) is 0 Å². The predicted molar refractivity (Wildman–Crippen MR) is 106 cm³/mol. The second kappa shape index (κ2) is 7.07. The first-order valence-corrected chi connectivity index (χ1v) is 9.41. The van der Waals surface area contributed by atoms with Crippen molar-refractivity contribution in [2.24, 2.45) is 7.05 Å². The lowest BCUT2D eigenvalue weighted by atomic mass is 10.1. The van der Waals surface area contributed by atoms with Crippen LogP contribution in [0.4, 0.5) is 0 Å². The third kappa shape index (κ3) is 3.35. The van der Waals surface area contributed by atoms with Gasteiger partial charge in [0.1, 0.15) is 0 Å². The molecule has 7 nitrogen and oxygen atoms in total. The van der Waals surface area contributed by atoms with E-state index in [1.54, 1.807) is 23.9 Å². The molecule has 1 saturated carbocycles. The minimum Gasteiger partial charge on any atom is -0.355 e. The number of pyridine rings is 1. The molecule has 4 rings (SSSR count). The zero-order chi connectivity index (χ0) is 19.8. The monoisotopic (exact) mass is 377 g/mol. The molecule has 0 bridgehead atoms. The van der Waals surface area contributed by atoms with E-state index in [9.17, 15) is 9.59 Å². The number of hydrogen-bond donors (Lipinski definition) is 2. The summed E-state index contributed by atoms with van der Waals surface area (Å²) in [5.41, 5.74) is 4.54. The van der Waals surface area contributed by atoms with Crippen molar-refractivity contribution in [1.29, 1.82) is 0 Å². The van der Waals surface area contributed by atoms with Crippen LogP contribution < -0.4 is 10.6 Å². The molecule has 3 aromatic rings. The van der Waals surface area contributed by atoms with E-state index in [0.29, 0.717) is 23.6 Å². The van der Waals surface area contributed by atoms with Gasteiger partial charge in [-0.15, -0.1) is 0 Å². The van der Waals surface area contributed by atoms with E-state index in [1.807, 2.05) is 32.2 Å². The Morgan fingerprint density at radius 2 is 2.00 bits per heavy atom. The topological polar surface area (TPSA) is 88.9 Å². The predicted octanol–water partition coefficient (Wildman–Crippen LogP) is 2.44. The standard InChI is InChI=1S/C21H23N5O2/c1-12-18-16(10-17(14-7-8-14)24-19(18)26(3)25-12)21(28)23-11-13-5-4-6-15(9-13)20(27)22-2/h4-6,9-10,14H,7-8,11H2,1-3H3,(H,22,27)(H,23,28). The van der Waals surface area contributed by atoms with E-state index >= 15 is 0 Å². The van der Waals surface area contributed by atoms with Crippen LogP contribution in [0.15, 0.2) is 30.3 Å². The summed E-state index contributed by atoms with van der Waals surface area (Å²) in [5.74, 6) is 0.134. The van der Waals surface area contributed by atoms with Crippen LogP contribution in [-0.2, 0) is 13.6 Å². The van der Waals surface area contributed by atoms with Gasteiger partial charge in [0, 0.05) is 37.8 Å². The van der Waals surface area contributed by atoms with Gasteiger partial charge in [-0.2, -0.15) is 5.10 Å². The SMILES string of the molecule is CNC(=O)c1cccc(CNC(=O)c2cc(C3CC3)nc3c2c(C)nn3C)c1. The summed E-state index contributed by atoms with van der Waals surface area (Å²) in [6.07, 6.45) is 2.23. The molecule has 2 N–H and O–H groups in total. The van der Waals surface area contributed by atoms with E-state index < -0.39 is 0 Å². The molecule has 2 amide bonds. The zero-order valence-electron chi connectivity index (χ0n) is 16.2. The fraction of sp³-hybridized carbons (Fsp3) is 0.333. The molecule has 0 unspecified atom stereocenters. The molecular formula is C21H23N5O2. The Balaban J connectivity index is 1.61. The van der Waals surface area contributed by atoms with Crippen LogP contribution in [0.2, 0.25) is 0 Å². The minimum atomic E-state index is -0.157. The number of aryl methyl sites for hydroxylation is 2. The van der Waals surface area contributed by atoms with Crippen molar-refractivity contribution in [1.82, 2.24) is 25.4 Å². The lowest BCUT2D eigenvalue weighted by molar-refractivity contribution is 0.0950. The number of amides is 2. The summed E-state index contributed by atoms with van der Waals surface area (Å²) in [4.78, 5) is 29.5. The van der Waals surface area contributed by atoms with E-state index in [4.69, 9.17) is 4.98 Å². The number of carbonyl (C=O) groups is 2. The van der Waals surface area contributed by atoms with Crippen LogP contribution in [0, 0.1) is 6.92 Å². The molecule has 2 aromatic heterocycles. The molecule has 1 aliphatic carbocycles. The van der Waals surface area contributed by atoms with Crippen molar-refractivity contribution in [3.63, 3.8) is 0 Å². The van der Waals surface area contributed by atoms with E-state index in [-0.39, 0.29) is 11.8 Å². The molecular weight excluding hydrogens is 354 g/mol. The minimum absolute atomic E-state index is 0.149. The van der Waals surface area contributed by atoms with Gasteiger partial charge in [0.15, 0.2) is 5.65 Å². The number of hydrogen-bond acceptors (Lipinski definition) is 4. The summed E-state index contributed by atoms with van der Waals surface area (Å²) < 4.78 is 1.74. The zero-order valence-corrected chi connectivity index (χ0v) is 16.2. The fourth-order valence-corrected chi connectivity index (χ4v) is 3.48. The Kier molecular flexibility index (Phi) is 4.58. The Hall–Kier alpha value is -3.22. The number of fused-ring (bicyclic) bond motifs is 1. The van der Waals surface area contributed by atoms with Crippen molar-refractivity contribution in [3.8, 4) is 0 Å². The second-order valence-corrected chi connectivity index (χ2v) is 7.24. The highest BCUT2D eigenvalue weighted by atomic mass is 16.2. The molecule has 0 atom stereocenters. The van der Waals surface area contributed by atoms with Gasteiger partial charge < -0.3 is 10.6 Å². The third-order valence-corrected chi connectivity index (χ3v) is 5.10. The summed E-state index contributed by atoms with van der Waals surface area (Å²) in [5, 5.41) is 10.8. The average molecular weight is 377 g/mol. The molecule has 1 aromatic carbocycles. The molecule has 1 aliphatic rings. The highest BCUT2D eigenvalue weighted by molar-refractivity contribution is 6.06. The maximum absolute atomic E-state index is 13.0. The average Bonchev–Trinajstić information content (AvgIpc) is 3.51. The lowest BCUT2D eigenvalue weighted by Gasteiger charge is -2.10. The second-order valence-electron chi connectivity index (χ2n) is 7.24.